The van der Waals surface area contributed by atoms with Crippen LogP contribution in [0.15, 0.2) is 48.5 Å². The van der Waals surface area contributed by atoms with Gasteiger partial charge < -0.3 is 10.2 Å². The molecule has 1 atom stereocenters. The Morgan fingerprint density at radius 2 is 2.04 bits per heavy atom. The second-order valence-corrected chi connectivity index (χ2v) is 6.83. The summed E-state index contributed by atoms with van der Waals surface area (Å²) in [6.07, 6.45) is 1.53. The van der Waals surface area contributed by atoms with Gasteiger partial charge in [-0.05, 0) is 36.6 Å². The van der Waals surface area contributed by atoms with Crippen LogP contribution in [0.1, 0.15) is 28.8 Å². The number of fused-ring (bicyclic) bond motifs is 1. The summed E-state index contributed by atoms with van der Waals surface area (Å²) in [5, 5.41) is 10.9. The fourth-order valence-corrected chi connectivity index (χ4v) is 3.45. The maximum absolute atomic E-state index is 12.8. The molecule has 1 fully saturated rings. The fraction of sp³-hybridized carbons (Fsp3) is 0.300. The average Bonchev–Trinajstić information content (AvgIpc) is 3.06. The molecule has 2 heterocycles. The average molecular weight is 363 g/mol. The molecule has 0 radical (unpaired) electrons. The Morgan fingerprint density at radius 1 is 1.22 bits per heavy atom. The van der Waals surface area contributed by atoms with E-state index in [0.717, 1.165) is 23.0 Å². The van der Waals surface area contributed by atoms with Crippen LogP contribution in [0.2, 0.25) is 0 Å². The zero-order chi connectivity index (χ0) is 18.8. The first-order chi connectivity index (χ1) is 13.1. The van der Waals surface area contributed by atoms with Crippen LogP contribution in [-0.4, -0.2) is 44.3 Å². The van der Waals surface area contributed by atoms with E-state index in [1.807, 2.05) is 35.2 Å². The number of carbonyl (C=O) groups excluding carboxylic acids is 2. The molecule has 0 bridgehead atoms. The Labute approximate surface area is 157 Å². The Balaban J connectivity index is 1.46. The number of amides is 2. The predicted molar refractivity (Wildman–Crippen MR) is 101 cm³/mol. The molecule has 27 heavy (non-hydrogen) atoms. The standard InChI is InChI=1S/C20H21N5O2/c1-24-18-12-15(9-10-16(18)22-23-24)19(26)21-17-8-5-11-25(20(17)27)13-14-6-3-2-4-7-14/h2-4,6-7,9-10,12,17H,5,8,11,13H2,1H3,(H,21,26). The van der Waals surface area contributed by atoms with Gasteiger partial charge in [0.05, 0.1) is 5.52 Å². The number of nitrogens with zero attached hydrogens (tertiary/aromatic N) is 4. The van der Waals surface area contributed by atoms with E-state index in [1.165, 1.54) is 0 Å². The van der Waals surface area contributed by atoms with Crippen LogP contribution >= 0.6 is 0 Å². The quantitative estimate of drug-likeness (QED) is 0.768. The number of piperidine rings is 1. The lowest BCUT2D eigenvalue weighted by Crippen LogP contribution is -2.51. The minimum Gasteiger partial charge on any atom is -0.340 e. The number of aromatic nitrogens is 3. The van der Waals surface area contributed by atoms with E-state index >= 15 is 0 Å². The van der Waals surface area contributed by atoms with E-state index in [-0.39, 0.29) is 11.8 Å². The summed E-state index contributed by atoms with van der Waals surface area (Å²) in [4.78, 5) is 27.3. The molecule has 1 saturated heterocycles. The summed E-state index contributed by atoms with van der Waals surface area (Å²) >= 11 is 0. The van der Waals surface area contributed by atoms with Crippen molar-refractivity contribution < 1.29 is 9.59 Å². The third-order valence-electron chi connectivity index (χ3n) is 4.93. The molecule has 7 heteroatoms. The molecule has 2 amide bonds. The minimum absolute atomic E-state index is 0.0262. The molecule has 1 aliphatic heterocycles. The number of carbonyl (C=O) groups is 2. The Kier molecular flexibility index (Phi) is 4.58. The van der Waals surface area contributed by atoms with Gasteiger partial charge in [-0.2, -0.15) is 0 Å². The van der Waals surface area contributed by atoms with Gasteiger partial charge in [-0.15, -0.1) is 5.10 Å². The first kappa shape index (κ1) is 17.2. The van der Waals surface area contributed by atoms with Gasteiger partial charge in [0.15, 0.2) is 0 Å². The van der Waals surface area contributed by atoms with Crippen LogP contribution in [0.25, 0.3) is 11.0 Å². The van der Waals surface area contributed by atoms with Crippen molar-refractivity contribution in [1.82, 2.24) is 25.2 Å². The van der Waals surface area contributed by atoms with Crippen molar-refractivity contribution in [3.05, 3.63) is 59.7 Å². The Hall–Kier alpha value is -3.22. The van der Waals surface area contributed by atoms with Crippen LogP contribution < -0.4 is 5.32 Å². The van der Waals surface area contributed by atoms with Crippen molar-refractivity contribution in [3.8, 4) is 0 Å². The number of hydrogen-bond acceptors (Lipinski definition) is 4. The topological polar surface area (TPSA) is 80.1 Å². The lowest BCUT2D eigenvalue weighted by Gasteiger charge is -2.32. The summed E-state index contributed by atoms with van der Waals surface area (Å²) in [6.45, 7) is 1.28. The van der Waals surface area contributed by atoms with Crippen LogP contribution in [0.3, 0.4) is 0 Å². The van der Waals surface area contributed by atoms with E-state index in [1.54, 1.807) is 29.9 Å². The van der Waals surface area contributed by atoms with E-state index in [9.17, 15) is 9.59 Å². The largest absolute Gasteiger partial charge is 0.340 e. The zero-order valence-electron chi connectivity index (χ0n) is 15.1. The van der Waals surface area contributed by atoms with Crippen molar-refractivity contribution in [2.24, 2.45) is 7.05 Å². The fourth-order valence-electron chi connectivity index (χ4n) is 3.45. The second-order valence-electron chi connectivity index (χ2n) is 6.83. The number of aryl methyl sites for hydroxylation is 1. The van der Waals surface area contributed by atoms with Gasteiger partial charge in [-0.25, -0.2) is 4.68 Å². The number of hydrogen-bond donors (Lipinski definition) is 1. The number of benzene rings is 2. The second kappa shape index (κ2) is 7.19. The maximum Gasteiger partial charge on any atom is 0.252 e. The van der Waals surface area contributed by atoms with Gasteiger partial charge in [0.25, 0.3) is 5.91 Å². The number of nitrogens with one attached hydrogen (secondary N) is 1. The molecule has 138 valence electrons. The molecular formula is C20H21N5O2. The van der Waals surface area contributed by atoms with Gasteiger partial charge in [-0.3, -0.25) is 9.59 Å². The molecule has 0 spiro atoms. The predicted octanol–water partition coefficient (Wildman–Crippen LogP) is 1.89. The Morgan fingerprint density at radius 3 is 2.85 bits per heavy atom. The van der Waals surface area contributed by atoms with Gasteiger partial charge in [0, 0.05) is 25.7 Å². The lowest BCUT2D eigenvalue weighted by atomic mass is 10.0. The molecule has 1 aromatic heterocycles. The third-order valence-corrected chi connectivity index (χ3v) is 4.93. The smallest absolute Gasteiger partial charge is 0.252 e. The number of likely N-dealkylation sites (tertiary alicyclic amines) is 1. The number of rotatable bonds is 4. The van der Waals surface area contributed by atoms with Crippen molar-refractivity contribution in [2.45, 2.75) is 25.4 Å². The molecule has 0 saturated carbocycles. The lowest BCUT2D eigenvalue weighted by molar-refractivity contribution is -0.136. The monoisotopic (exact) mass is 363 g/mol. The Bertz CT molecular complexity index is 982. The van der Waals surface area contributed by atoms with Crippen LogP contribution in [0.4, 0.5) is 0 Å². The summed E-state index contributed by atoms with van der Waals surface area (Å²) in [6, 6.07) is 14.6. The van der Waals surface area contributed by atoms with Gasteiger partial charge in [0.1, 0.15) is 11.6 Å². The molecule has 4 rings (SSSR count). The van der Waals surface area contributed by atoms with Crippen LogP contribution in [-0.2, 0) is 18.4 Å². The van der Waals surface area contributed by atoms with Crippen molar-refractivity contribution in [3.63, 3.8) is 0 Å². The first-order valence-electron chi connectivity index (χ1n) is 9.05. The normalized spacial score (nSPS) is 17.3. The molecule has 1 unspecified atom stereocenters. The van der Waals surface area contributed by atoms with Gasteiger partial charge >= 0.3 is 0 Å². The summed E-state index contributed by atoms with van der Waals surface area (Å²) in [5.41, 5.74) is 3.10. The third kappa shape index (κ3) is 3.53. The van der Waals surface area contributed by atoms with Crippen molar-refractivity contribution in [2.75, 3.05) is 6.54 Å². The highest BCUT2D eigenvalue weighted by atomic mass is 16.2. The summed E-state index contributed by atoms with van der Waals surface area (Å²) < 4.78 is 1.62. The highest BCUT2D eigenvalue weighted by Crippen LogP contribution is 2.17. The molecular weight excluding hydrogens is 342 g/mol. The SMILES string of the molecule is Cn1nnc2ccc(C(=O)NC3CCCN(Cc4ccccc4)C3=O)cc21. The molecule has 3 aromatic rings. The van der Waals surface area contributed by atoms with E-state index in [4.69, 9.17) is 0 Å². The van der Waals surface area contributed by atoms with Crippen LogP contribution in [0.5, 0.6) is 0 Å². The van der Waals surface area contributed by atoms with Gasteiger partial charge in [0.2, 0.25) is 5.91 Å². The van der Waals surface area contributed by atoms with E-state index in [0.29, 0.717) is 25.1 Å². The first-order valence-corrected chi connectivity index (χ1v) is 9.05. The van der Waals surface area contributed by atoms with Gasteiger partial charge in [-0.1, -0.05) is 35.5 Å². The van der Waals surface area contributed by atoms with E-state index in [2.05, 4.69) is 15.6 Å². The summed E-state index contributed by atoms with van der Waals surface area (Å²) in [7, 11) is 1.78. The maximum atomic E-state index is 12.8. The molecule has 2 aromatic carbocycles. The molecule has 0 aliphatic carbocycles. The van der Waals surface area contributed by atoms with Crippen LogP contribution in [0, 0.1) is 0 Å². The molecule has 7 nitrogen and oxygen atoms in total. The minimum atomic E-state index is -0.490. The highest BCUT2D eigenvalue weighted by Gasteiger charge is 2.30. The summed E-state index contributed by atoms with van der Waals surface area (Å²) in [5.74, 6) is -0.278. The zero-order valence-corrected chi connectivity index (χ0v) is 15.1. The molecule has 1 N–H and O–H groups in total. The molecule has 1 aliphatic rings. The van der Waals surface area contributed by atoms with E-state index < -0.39 is 6.04 Å². The van der Waals surface area contributed by atoms with Crippen molar-refractivity contribution >= 4 is 22.8 Å². The van der Waals surface area contributed by atoms with Crippen molar-refractivity contribution in [1.29, 1.82) is 0 Å². The highest BCUT2D eigenvalue weighted by molar-refractivity contribution is 5.99.